The number of aromatic nitrogens is 1. The van der Waals surface area contributed by atoms with Crippen LogP contribution in [0.1, 0.15) is 17.0 Å². The topological polar surface area (TPSA) is 66.7 Å². The van der Waals surface area contributed by atoms with Crippen LogP contribution in [0, 0.1) is 13.8 Å². The van der Waals surface area contributed by atoms with Gasteiger partial charge < -0.3 is 9.42 Å². The number of para-hydroxylation sites is 1. The van der Waals surface area contributed by atoms with Gasteiger partial charge >= 0.3 is 0 Å². The molecule has 0 amide bonds. The lowest BCUT2D eigenvalue weighted by atomic mass is 10.1. The van der Waals surface area contributed by atoms with Crippen LogP contribution in [0.4, 0.5) is 5.69 Å². The highest BCUT2D eigenvalue weighted by atomic mass is 32.2. The van der Waals surface area contributed by atoms with E-state index in [2.05, 4.69) is 22.2 Å². The van der Waals surface area contributed by atoms with E-state index >= 15 is 0 Å². The van der Waals surface area contributed by atoms with Gasteiger partial charge in [-0.3, -0.25) is 0 Å². The van der Waals surface area contributed by atoms with Crippen LogP contribution >= 0.6 is 0 Å². The Balaban J connectivity index is 1.63. The Morgan fingerprint density at radius 3 is 2.74 bits per heavy atom. The number of piperazine rings is 1. The van der Waals surface area contributed by atoms with E-state index in [4.69, 9.17) is 4.52 Å². The molecule has 1 fully saturated rings. The summed E-state index contributed by atoms with van der Waals surface area (Å²) < 4.78 is 32.5. The average molecular weight is 333 g/mol. The summed E-state index contributed by atoms with van der Waals surface area (Å²) in [4.78, 5) is 2.55. The highest BCUT2D eigenvalue weighted by Crippen LogP contribution is 2.35. The van der Waals surface area contributed by atoms with Gasteiger partial charge in [0.2, 0.25) is 10.0 Å². The largest absolute Gasteiger partial charge is 0.365 e. The van der Waals surface area contributed by atoms with E-state index in [1.165, 1.54) is 11.3 Å². The quantitative estimate of drug-likeness (QED) is 0.837. The highest BCUT2D eigenvalue weighted by molar-refractivity contribution is 7.89. The fourth-order valence-corrected chi connectivity index (χ4v) is 5.49. The normalized spacial score (nSPS) is 21.3. The second kappa shape index (κ2) is 5.07. The van der Waals surface area contributed by atoms with Crippen molar-refractivity contribution in [2.24, 2.45) is 0 Å². The van der Waals surface area contributed by atoms with Crippen LogP contribution in [0.3, 0.4) is 0 Å². The number of nitrogens with zero attached hydrogens (tertiary/aromatic N) is 3. The Morgan fingerprint density at radius 1 is 1.22 bits per heavy atom. The molecule has 2 aliphatic rings. The average Bonchev–Trinajstić information content (AvgIpc) is 3.06. The van der Waals surface area contributed by atoms with Gasteiger partial charge in [0.05, 0.1) is 0 Å². The zero-order valence-corrected chi connectivity index (χ0v) is 14.0. The Bertz CT molecular complexity index is 840. The van der Waals surface area contributed by atoms with Crippen LogP contribution in [-0.4, -0.2) is 43.6 Å². The fraction of sp³-hybridized carbons (Fsp3) is 0.438. The number of benzene rings is 1. The van der Waals surface area contributed by atoms with Crippen LogP contribution in [0.2, 0.25) is 0 Å². The van der Waals surface area contributed by atoms with Crippen molar-refractivity contribution in [2.45, 2.75) is 31.2 Å². The van der Waals surface area contributed by atoms with Crippen molar-refractivity contribution in [3.63, 3.8) is 0 Å². The third-order valence-electron chi connectivity index (χ3n) is 4.77. The Kier molecular flexibility index (Phi) is 3.24. The Morgan fingerprint density at radius 2 is 2.00 bits per heavy atom. The molecule has 4 rings (SSSR count). The minimum absolute atomic E-state index is 0.205. The molecule has 0 N–H and O–H groups in total. The number of sulfonamides is 1. The van der Waals surface area contributed by atoms with Gasteiger partial charge in [-0.15, -0.1) is 0 Å². The van der Waals surface area contributed by atoms with Crippen LogP contribution in [0.15, 0.2) is 33.7 Å². The van der Waals surface area contributed by atoms with Gasteiger partial charge in [0, 0.05) is 31.4 Å². The minimum atomic E-state index is -3.56. The summed E-state index contributed by atoms with van der Waals surface area (Å²) in [6, 6.07) is 8.52. The molecule has 1 aromatic carbocycles. The predicted molar refractivity (Wildman–Crippen MR) is 86.0 cm³/mol. The van der Waals surface area contributed by atoms with Crippen LogP contribution in [0.5, 0.6) is 0 Å². The minimum Gasteiger partial charge on any atom is -0.365 e. The number of rotatable bonds is 2. The third-order valence-corrected chi connectivity index (χ3v) is 6.88. The zero-order chi connectivity index (χ0) is 16.2. The first-order chi connectivity index (χ1) is 11.0. The molecule has 0 saturated carbocycles. The zero-order valence-electron chi connectivity index (χ0n) is 13.2. The second-order valence-electron chi connectivity index (χ2n) is 6.20. The number of fused-ring (bicyclic) bond motifs is 3. The molecule has 6 nitrogen and oxygen atoms in total. The molecule has 122 valence electrons. The number of anilines is 1. The van der Waals surface area contributed by atoms with Crippen molar-refractivity contribution in [1.29, 1.82) is 0 Å². The maximum absolute atomic E-state index is 13.0. The molecule has 0 spiro atoms. The summed E-state index contributed by atoms with van der Waals surface area (Å²) in [5, 5.41) is 3.78. The molecule has 1 unspecified atom stereocenters. The first-order valence-electron chi connectivity index (χ1n) is 7.76. The lowest BCUT2D eigenvalue weighted by Crippen LogP contribution is -2.53. The standard InChI is InChI=1S/C16H19N3O3S/c1-11-16(12(2)22-17-11)23(20,21)18-7-8-19-14(10-18)9-13-5-3-4-6-15(13)19/h3-6,14H,7-10H2,1-2H3. The van der Waals surface area contributed by atoms with Crippen molar-refractivity contribution in [1.82, 2.24) is 9.46 Å². The summed E-state index contributed by atoms with van der Waals surface area (Å²) in [6.07, 6.45) is 0.893. The van der Waals surface area contributed by atoms with Gasteiger partial charge in [-0.1, -0.05) is 23.4 Å². The van der Waals surface area contributed by atoms with Crippen molar-refractivity contribution in [3.05, 3.63) is 41.3 Å². The molecule has 1 aromatic heterocycles. The van der Waals surface area contributed by atoms with E-state index in [0.29, 0.717) is 31.1 Å². The summed E-state index contributed by atoms with van der Waals surface area (Å²) >= 11 is 0. The summed E-state index contributed by atoms with van der Waals surface area (Å²) in [5.41, 5.74) is 2.97. The monoisotopic (exact) mass is 333 g/mol. The molecular formula is C16H19N3O3S. The van der Waals surface area contributed by atoms with Crippen LogP contribution in [0.25, 0.3) is 0 Å². The number of hydrogen-bond donors (Lipinski definition) is 0. The van der Waals surface area contributed by atoms with Crippen molar-refractivity contribution in [3.8, 4) is 0 Å². The summed E-state index contributed by atoms with van der Waals surface area (Å²) in [7, 11) is -3.56. The van der Waals surface area contributed by atoms with Crippen LogP contribution in [-0.2, 0) is 16.4 Å². The molecule has 7 heteroatoms. The van der Waals surface area contributed by atoms with Gasteiger partial charge in [-0.05, 0) is 31.9 Å². The Labute approximate surface area is 135 Å². The number of aryl methyl sites for hydroxylation is 2. The predicted octanol–water partition coefficient (Wildman–Crippen LogP) is 1.73. The fourth-order valence-electron chi connectivity index (χ4n) is 3.73. The van der Waals surface area contributed by atoms with Gasteiger partial charge in [-0.2, -0.15) is 4.31 Å². The SMILES string of the molecule is Cc1noc(C)c1S(=O)(=O)N1CCN2c3ccccc3CC2C1. The van der Waals surface area contributed by atoms with Gasteiger partial charge in [0.15, 0.2) is 5.76 Å². The highest BCUT2D eigenvalue weighted by Gasteiger charge is 2.40. The molecule has 1 saturated heterocycles. The smallest absolute Gasteiger partial charge is 0.248 e. The first kappa shape index (κ1) is 14.7. The van der Waals surface area contributed by atoms with Gasteiger partial charge in [0.1, 0.15) is 10.6 Å². The van der Waals surface area contributed by atoms with E-state index in [0.717, 1.165) is 6.42 Å². The molecule has 2 aromatic rings. The maximum atomic E-state index is 13.0. The van der Waals surface area contributed by atoms with E-state index in [1.54, 1.807) is 18.2 Å². The van der Waals surface area contributed by atoms with Crippen LogP contribution < -0.4 is 4.90 Å². The van der Waals surface area contributed by atoms with Gasteiger partial charge in [0.25, 0.3) is 0 Å². The van der Waals surface area contributed by atoms with Gasteiger partial charge in [-0.25, -0.2) is 8.42 Å². The molecule has 2 aliphatic heterocycles. The second-order valence-corrected chi connectivity index (χ2v) is 8.07. The maximum Gasteiger partial charge on any atom is 0.248 e. The van der Waals surface area contributed by atoms with E-state index < -0.39 is 10.0 Å². The van der Waals surface area contributed by atoms with Crippen molar-refractivity contribution in [2.75, 3.05) is 24.5 Å². The molecular weight excluding hydrogens is 314 g/mol. The molecule has 0 aliphatic carbocycles. The molecule has 1 atom stereocenters. The lowest BCUT2D eigenvalue weighted by molar-refractivity contribution is 0.338. The molecule has 0 bridgehead atoms. The Hall–Kier alpha value is -1.86. The summed E-state index contributed by atoms with van der Waals surface area (Å²) in [6.45, 7) is 5.02. The van der Waals surface area contributed by atoms with E-state index in [9.17, 15) is 8.42 Å². The van der Waals surface area contributed by atoms with E-state index in [-0.39, 0.29) is 10.9 Å². The first-order valence-corrected chi connectivity index (χ1v) is 9.20. The molecule has 3 heterocycles. The third kappa shape index (κ3) is 2.18. The molecule has 23 heavy (non-hydrogen) atoms. The van der Waals surface area contributed by atoms with E-state index in [1.807, 2.05) is 12.1 Å². The number of hydrogen-bond acceptors (Lipinski definition) is 5. The summed E-state index contributed by atoms with van der Waals surface area (Å²) in [5.74, 6) is 0.361. The molecule has 0 radical (unpaired) electrons. The van der Waals surface area contributed by atoms with Crippen molar-refractivity contribution >= 4 is 15.7 Å². The van der Waals surface area contributed by atoms with Crippen molar-refractivity contribution < 1.29 is 12.9 Å². The lowest BCUT2D eigenvalue weighted by Gasteiger charge is -2.38.